The van der Waals surface area contributed by atoms with Gasteiger partial charge >= 0.3 is 12.2 Å². The Morgan fingerprint density at radius 1 is 1.10 bits per heavy atom. The van der Waals surface area contributed by atoms with Gasteiger partial charge in [-0.3, -0.25) is 4.40 Å². The minimum absolute atomic E-state index is 0.00453. The summed E-state index contributed by atoms with van der Waals surface area (Å²) in [5.41, 5.74) is 8.13. The number of ether oxygens (including phenoxy) is 1. The van der Waals surface area contributed by atoms with Crippen LogP contribution in [0.15, 0.2) is 36.8 Å². The van der Waals surface area contributed by atoms with Crippen molar-refractivity contribution in [1.82, 2.24) is 29.2 Å². The number of anilines is 3. The number of imidazole rings is 1. The molecule has 2 aliphatic heterocycles. The summed E-state index contributed by atoms with van der Waals surface area (Å²) in [6.45, 7) is 2.90. The number of rotatable bonds is 3. The van der Waals surface area contributed by atoms with E-state index in [4.69, 9.17) is 32.0 Å². The van der Waals surface area contributed by atoms with Crippen LogP contribution in [0.3, 0.4) is 0 Å². The molecule has 0 unspecified atom stereocenters. The number of nitrogens with zero attached hydrogens (tertiary/aromatic N) is 7. The molecule has 5 heterocycles. The first-order chi connectivity index (χ1) is 19.2. The fourth-order valence-electron chi connectivity index (χ4n) is 4.79. The second-order valence-corrected chi connectivity index (χ2v) is 9.78. The number of alkyl halides is 3. The van der Waals surface area contributed by atoms with E-state index >= 15 is 0 Å². The zero-order valence-corrected chi connectivity index (χ0v) is 21.7. The highest BCUT2D eigenvalue weighted by atomic mass is 35.5. The predicted molar refractivity (Wildman–Crippen MR) is 141 cm³/mol. The van der Waals surface area contributed by atoms with Crippen molar-refractivity contribution in [2.75, 3.05) is 48.8 Å². The van der Waals surface area contributed by atoms with E-state index in [9.17, 15) is 18.0 Å². The van der Waals surface area contributed by atoms with Crippen LogP contribution in [0, 0.1) is 0 Å². The molecule has 208 valence electrons. The van der Waals surface area contributed by atoms with E-state index in [1.165, 1.54) is 11.0 Å². The lowest BCUT2D eigenvalue weighted by Crippen LogP contribution is -2.39. The van der Waals surface area contributed by atoms with Crippen molar-refractivity contribution in [1.29, 1.82) is 0 Å². The molecule has 3 aromatic heterocycles. The Labute approximate surface area is 230 Å². The van der Waals surface area contributed by atoms with Gasteiger partial charge in [0.1, 0.15) is 0 Å². The highest BCUT2D eigenvalue weighted by molar-refractivity contribution is 6.31. The van der Waals surface area contributed by atoms with Crippen LogP contribution in [0.4, 0.5) is 35.4 Å². The van der Waals surface area contributed by atoms with Crippen LogP contribution in [-0.4, -0.2) is 68.1 Å². The summed E-state index contributed by atoms with van der Waals surface area (Å²) >= 11 is 5.72. The number of hydrogen-bond acceptors (Lipinski definition) is 8. The third-order valence-electron chi connectivity index (χ3n) is 6.82. The fraction of sp³-hybridized carbons (Fsp3) is 0.320. The zero-order valence-electron chi connectivity index (χ0n) is 21.0. The standard InChI is InChI=1S/C25H23ClF3N9O2/c26-17-2-1-15(9-16(17)25(27,28)29)33-24(39)37-4-3-18-20(13-37)38-12-19(14-10-31-23(30)32-11-14)35-21(22(38)34-18)36-5-7-40-8-6-36/h1-2,9-12H,3-8,13H2,(H,33,39)(H2,30,31,32). The van der Waals surface area contributed by atoms with E-state index in [-0.39, 0.29) is 18.2 Å². The van der Waals surface area contributed by atoms with Gasteiger partial charge in [0.25, 0.3) is 0 Å². The van der Waals surface area contributed by atoms with Gasteiger partial charge in [-0.2, -0.15) is 13.2 Å². The van der Waals surface area contributed by atoms with Gasteiger partial charge in [0, 0.05) is 55.9 Å². The molecule has 15 heteroatoms. The molecule has 1 aromatic carbocycles. The predicted octanol–water partition coefficient (Wildman–Crippen LogP) is 3.87. The van der Waals surface area contributed by atoms with Crippen LogP contribution in [0.2, 0.25) is 5.02 Å². The molecule has 0 bridgehead atoms. The molecule has 0 aliphatic carbocycles. The van der Waals surface area contributed by atoms with Crippen molar-refractivity contribution in [2.45, 2.75) is 19.1 Å². The Kier molecular flexibility index (Phi) is 6.58. The molecule has 0 radical (unpaired) electrons. The highest BCUT2D eigenvalue weighted by Gasteiger charge is 2.34. The Balaban J connectivity index is 1.34. The number of carbonyl (C=O) groups excluding carboxylic acids is 1. The number of aromatic nitrogens is 5. The molecule has 2 amide bonds. The molecule has 3 N–H and O–H groups in total. The minimum Gasteiger partial charge on any atom is -0.378 e. The molecule has 0 saturated carbocycles. The van der Waals surface area contributed by atoms with Crippen LogP contribution in [0.25, 0.3) is 16.9 Å². The molecule has 0 spiro atoms. The van der Waals surface area contributed by atoms with Crippen molar-refractivity contribution < 1.29 is 22.7 Å². The minimum atomic E-state index is -4.65. The van der Waals surface area contributed by atoms with Gasteiger partial charge in [-0.25, -0.2) is 24.7 Å². The zero-order chi connectivity index (χ0) is 28.0. The SMILES string of the molecule is Nc1ncc(-c2cn3c4c(nc3c(N3CCOCC3)n2)CCN(C(=O)Nc2ccc(Cl)c(C(F)(F)F)c2)C4)cn1. The van der Waals surface area contributed by atoms with Crippen molar-refractivity contribution in [2.24, 2.45) is 0 Å². The molecule has 1 fully saturated rings. The Hall–Kier alpha value is -4.17. The Bertz CT molecular complexity index is 1590. The van der Waals surface area contributed by atoms with Gasteiger partial charge in [0.15, 0.2) is 11.5 Å². The molecule has 40 heavy (non-hydrogen) atoms. The number of amides is 2. The number of urea groups is 1. The third-order valence-corrected chi connectivity index (χ3v) is 7.15. The molecule has 4 aromatic rings. The lowest BCUT2D eigenvalue weighted by Gasteiger charge is -2.29. The number of halogens is 4. The lowest BCUT2D eigenvalue weighted by molar-refractivity contribution is -0.137. The van der Waals surface area contributed by atoms with Gasteiger partial charge in [-0.1, -0.05) is 11.6 Å². The topological polar surface area (TPSA) is 127 Å². The second-order valence-electron chi connectivity index (χ2n) is 9.37. The van der Waals surface area contributed by atoms with E-state index < -0.39 is 22.8 Å². The monoisotopic (exact) mass is 573 g/mol. The number of nitrogens with one attached hydrogen (secondary N) is 1. The van der Waals surface area contributed by atoms with E-state index in [0.29, 0.717) is 62.0 Å². The van der Waals surface area contributed by atoms with Crippen molar-refractivity contribution in [3.05, 3.63) is 58.8 Å². The molecule has 6 rings (SSSR count). The summed E-state index contributed by atoms with van der Waals surface area (Å²) in [4.78, 5) is 34.7. The first kappa shape index (κ1) is 26.1. The number of nitrogens with two attached hydrogens (primary N) is 1. The van der Waals surface area contributed by atoms with E-state index in [1.807, 2.05) is 10.6 Å². The number of hydrogen-bond donors (Lipinski definition) is 2. The van der Waals surface area contributed by atoms with Crippen LogP contribution in [-0.2, 0) is 23.9 Å². The van der Waals surface area contributed by atoms with E-state index in [2.05, 4.69) is 20.2 Å². The molecule has 11 nitrogen and oxygen atoms in total. The number of carbonyl (C=O) groups is 1. The average Bonchev–Trinajstić information content (AvgIpc) is 3.32. The Morgan fingerprint density at radius 3 is 2.58 bits per heavy atom. The first-order valence-electron chi connectivity index (χ1n) is 12.4. The molecule has 2 aliphatic rings. The van der Waals surface area contributed by atoms with E-state index in [1.54, 1.807) is 12.4 Å². The summed E-state index contributed by atoms with van der Waals surface area (Å²) in [6, 6.07) is 2.73. The highest BCUT2D eigenvalue weighted by Crippen LogP contribution is 2.36. The molecule has 0 atom stereocenters. The average molecular weight is 574 g/mol. The summed E-state index contributed by atoms with van der Waals surface area (Å²) in [7, 11) is 0. The lowest BCUT2D eigenvalue weighted by atomic mass is 10.1. The van der Waals surface area contributed by atoms with Crippen LogP contribution >= 0.6 is 11.6 Å². The summed E-state index contributed by atoms with van der Waals surface area (Å²) in [6.07, 6.45) is 0.805. The number of fused-ring (bicyclic) bond motifs is 3. The molecular formula is C25H23ClF3N9O2. The number of morpholine rings is 1. The molecule has 1 saturated heterocycles. The first-order valence-corrected chi connectivity index (χ1v) is 12.8. The van der Waals surface area contributed by atoms with Gasteiger partial charge in [-0.05, 0) is 18.2 Å². The summed E-state index contributed by atoms with van der Waals surface area (Å²) < 4.78 is 47.3. The largest absolute Gasteiger partial charge is 0.417 e. The van der Waals surface area contributed by atoms with Crippen LogP contribution in [0.1, 0.15) is 17.0 Å². The fourth-order valence-corrected chi connectivity index (χ4v) is 5.01. The maximum Gasteiger partial charge on any atom is 0.417 e. The van der Waals surface area contributed by atoms with Gasteiger partial charge in [0.2, 0.25) is 5.95 Å². The second kappa shape index (κ2) is 10.1. The van der Waals surface area contributed by atoms with Crippen molar-refractivity contribution in [3.63, 3.8) is 0 Å². The van der Waals surface area contributed by atoms with Gasteiger partial charge in [-0.15, -0.1) is 0 Å². The van der Waals surface area contributed by atoms with Gasteiger partial charge < -0.3 is 25.6 Å². The summed E-state index contributed by atoms with van der Waals surface area (Å²) in [5.74, 6) is 0.812. The van der Waals surface area contributed by atoms with E-state index in [0.717, 1.165) is 23.5 Å². The van der Waals surface area contributed by atoms with Crippen molar-refractivity contribution >= 4 is 40.7 Å². The smallest absolute Gasteiger partial charge is 0.378 e. The maximum absolute atomic E-state index is 13.3. The van der Waals surface area contributed by atoms with Gasteiger partial charge in [0.05, 0.1) is 47.4 Å². The number of benzene rings is 1. The number of nitrogen functional groups attached to an aromatic ring is 1. The quantitative estimate of drug-likeness (QED) is 0.378. The van der Waals surface area contributed by atoms with Crippen LogP contribution in [0.5, 0.6) is 0 Å². The summed E-state index contributed by atoms with van der Waals surface area (Å²) in [5, 5.41) is 2.12. The van der Waals surface area contributed by atoms with Crippen LogP contribution < -0.4 is 16.0 Å². The maximum atomic E-state index is 13.3. The molecular weight excluding hydrogens is 551 g/mol. The normalized spacial score (nSPS) is 15.8. The third kappa shape index (κ3) is 4.95. The van der Waals surface area contributed by atoms with Crippen molar-refractivity contribution in [3.8, 4) is 11.3 Å². The Morgan fingerprint density at radius 2 is 1.85 bits per heavy atom.